The number of hydrogen-bond acceptors (Lipinski definition) is 2. The predicted molar refractivity (Wildman–Crippen MR) is 107 cm³/mol. The van der Waals surface area contributed by atoms with Gasteiger partial charge in [0.1, 0.15) is 0 Å². The minimum atomic E-state index is 0.165. The topological polar surface area (TPSA) is 15.3 Å². The van der Waals surface area contributed by atoms with Crippen LogP contribution in [-0.2, 0) is 0 Å². The van der Waals surface area contributed by atoms with Crippen LogP contribution in [0.4, 0.5) is 11.4 Å². The third-order valence-corrected chi connectivity index (χ3v) is 4.71. The van der Waals surface area contributed by atoms with Crippen LogP contribution in [0, 0.1) is 33.1 Å². The molecule has 0 unspecified atom stereocenters. The summed E-state index contributed by atoms with van der Waals surface area (Å²) in [4.78, 5) is 2.40. The smallest absolute Gasteiger partial charge is 0.0423 e. The Balaban J connectivity index is 2.08. The number of para-hydroxylation sites is 2. The Morgan fingerprint density at radius 2 is 1.29 bits per heavy atom. The Labute approximate surface area is 147 Å². The second-order valence-corrected chi connectivity index (χ2v) is 7.88. The van der Waals surface area contributed by atoms with E-state index >= 15 is 0 Å². The largest absolute Gasteiger partial charge is 0.384 e. The molecular weight excluding hydrogens is 292 g/mol. The second kappa shape index (κ2) is 7.29. The fourth-order valence-electron chi connectivity index (χ4n) is 3.61. The molecule has 2 aromatic carbocycles. The molecule has 0 saturated heterocycles. The number of hydrogen-bond donors (Lipinski definition) is 1. The van der Waals surface area contributed by atoms with Gasteiger partial charge in [-0.2, -0.15) is 0 Å². The number of aryl methyl sites for hydroxylation is 4. The maximum atomic E-state index is 3.68. The Morgan fingerprint density at radius 1 is 0.833 bits per heavy atom. The SMILES string of the molecule is Cc1cccc(C)c1NCC(C)(C)CN(C)c1c(C)cccc1C. The van der Waals surface area contributed by atoms with E-state index in [0.717, 1.165) is 13.1 Å². The van der Waals surface area contributed by atoms with E-state index in [1.807, 2.05) is 0 Å². The molecule has 0 aromatic heterocycles. The van der Waals surface area contributed by atoms with Crippen molar-refractivity contribution >= 4 is 11.4 Å². The highest BCUT2D eigenvalue weighted by molar-refractivity contribution is 5.59. The third kappa shape index (κ3) is 4.31. The fourth-order valence-corrected chi connectivity index (χ4v) is 3.61. The molecule has 0 atom stereocenters. The highest BCUT2D eigenvalue weighted by atomic mass is 15.1. The molecule has 0 bridgehead atoms. The predicted octanol–water partition coefficient (Wildman–Crippen LogP) is 5.49. The summed E-state index contributed by atoms with van der Waals surface area (Å²) in [6.45, 7) is 15.4. The summed E-state index contributed by atoms with van der Waals surface area (Å²) in [6, 6.07) is 13.0. The van der Waals surface area contributed by atoms with Gasteiger partial charge in [0.2, 0.25) is 0 Å². The van der Waals surface area contributed by atoms with Gasteiger partial charge in [-0.15, -0.1) is 0 Å². The highest BCUT2D eigenvalue weighted by Gasteiger charge is 2.22. The molecule has 0 spiro atoms. The second-order valence-electron chi connectivity index (χ2n) is 7.88. The maximum Gasteiger partial charge on any atom is 0.0423 e. The van der Waals surface area contributed by atoms with Crippen molar-refractivity contribution in [1.29, 1.82) is 0 Å². The number of nitrogens with one attached hydrogen (secondary N) is 1. The Hall–Kier alpha value is -1.96. The molecule has 24 heavy (non-hydrogen) atoms. The molecule has 2 heteroatoms. The maximum absolute atomic E-state index is 3.68. The monoisotopic (exact) mass is 324 g/mol. The third-order valence-electron chi connectivity index (χ3n) is 4.71. The lowest BCUT2D eigenvalue weighted by atomic mass is 9.91. The zero-order valence-electron chi connectivity index (χ0n) is 16.3. The summed E-state index contributed by atoms with van der Waals surface area (Å²) in [5, 5.41) is 3.68. The van der Waals surface area contributed by atoms with Gasteiger partial charge in [0.15, 0.2) is 0 Å². The van der Waals surface area contributed by atoms with Crippen LogP contribution in [0.5, 0.6) is 0 Å². The minimum Gasteiger partial charge on any atom is -0.384 e. The van der Waals surface area contributed by atoms with E-state index in [1.165, 1.54) is 33.6 Å². The molecule has 2 nitrogen and oxygen atoms in total. The standard InChI is InChI=1S/C22H32N2/c1-16-10-8-11-17(2)20(16)23-14-22(5,6)15-24(7)21-18(3)12-9-13-19(21)4/h8-13,23H,14-15H2,1-7H3. The van der Waals surface area contributed by atoms with Crippen LogP contribution in [0.1, 0.15) is 36.1 Å². The first-order valence-corrected chi connectivity index (χ1v) is 8.79. The van der Waals surface area contributed by atoms with Crippen LogP contribution in [0.3, 0.4) is 0 Å². The van der Waals surface area contributed by atoms with Gasteiger partial charge >= 0.3 is 0 Å². The molecule has 0 aliphatic heterocycles. The van der Waals surface area contributed by atoms with Crippen LogP contribution in [0.15, 0.2) is 36.4 Å². The van der Waals surface area contributed by atoms with E-state index < -0.39 is 0 Å². The molecule has 130 valence electrons. The van der Waals surface area contributed by atoms with Crippen molar-refractivity contribution in [2.45, 2.75) is 41.5 Å². The van der Waals surface area contributed by atoms with Crippen LogP contribution in [0.25, 0.3) is 0 Å². The van der Waals surface area contributed by atoms with Crippen molar-refractivity contribution < 1.29 is 0 Å². The Bertz CT molecular complexity index is 661. The van der Waals surface area contributed by atoms with E-state index in [2.05, 4.69) is 95.2 Å². The first-order valence-electron chi connectivity index (χ1n) is 8.79. The molecule has 0 fully saturated rings. The summed E-state index contributed by atoms with van der Waals surface area (Å²) in [7, 11) is 2.20. The van der Waals surface area contributed by atoms with Crippen molar-refractivity contribution in [1.82, 2.24) is 0 Å². The van der Waals surface area contributed by atoms with Crippen molar-refractivity contribution in [3.63, 3.8) is 0 Å². The molecule has 0 heterocycles. The summed E-state index contributed by atoms with van der Waals surface area (Å²) >= 11 is 0. The molecule has 1 N–H and O–H groups in total. The average Bonchev–Trinajstić information content (AvgIpc) is 2.45. The van der Waals surface area contributed by atoms with Crippen molar-refractivity contribution in [2.24, 2.45) is 5.41 Å². The van der Waals surface area contributed by atoms with E-state index in [4.69, 9.17) is 0 Å². The van der Waals surface area contributed by atoms with Crippen molar-refractivity contribution in [3.8, 4) is 0 Å². The molecular formula is C22H32N2. The molecule has 0 amide bonds. The summed E-state index contributed by atoms with van der Waals surface area (Å²) < 4.78 is 0. The van der Waals surface area contributed by atoms with Gasteiger partial charge in [-0.1, -0.05) is 50.2 Å². The van der Waals surface area contributed by atoms with Crippen molar-refractivity contribution in [2.75, 3.05) is 30.4 Å². The van der Waals surface area contributed by atoms with Gasteiger partial charge in [-0.25, -0.2) is 0 Å². The lowest BCUT2D eigenvalue weighted by Crippen LogP contribution is -2.37. The first kappa shape index (κ1) is 18.4. The summed E-state index contributed by atoms with van der Waals surface area (Å²) in [5.74, 6) is 0. The van der Waals surface area contributed by atoms with Gasteiger partial charge in [-0.3, -0.25) is 0 Å². The van der Waals surface area contributed by atoms with Crippen molar-refractivity contribution in [3.05, 3.63) is 58.7 Å². The van der Waals surface area contributed by atoms with Gasteiger partial charge < -0.3 is 10.2 Å². The Kier molecular flexibility index (Phi) is 5.58. The van der Waals surface area contributed by atoms with Crippen LogP contribution in [0.2, 0.25) is 0 Å². The van der Waals surface area contributed by atoms with E-state index in [1.54, 1.807) is 0 Å². The lowest BCUT2D eigenvalue weighted by Gasteiger charge is -2.34. The quantitative estimate of drug-likeness (QED) is 0.755. The molecule has 0 saturated carbocycles. The zero-order chi connectivity index (χ0) is 17.9. The first-order chi connectivity index (χ1) is 11.2. The number of rotatable bonds is 6. The summed E-state index contributed by atoms with van der Waals surface area (Å²) in [6.07, 6.45) is 0. The highest BCUT2D eigenvalue weighted by Crippen LogP contribution is 2.28. The van der Waals surface area contributed by atoms with E-state index in [0.29, 0.717) is 0 Å². The molecule has 0 radical (unpaired) electrons. The van der Waals surface area contributed by atoms with E-state index in [9.17, 15) is 0 Å². The van der Waals surface area contributed by atoms with Gasteiger partial charge in [0, 0.05) is 31.5 Å². The van der Waals surface area contributed by atoms with Gasteiger partial charge in [-0.05, 0) is 55.4 Å². The minimum absolute atomic E-state index is 0.165. The number of nitrogens with zero attached hydrogens (tertiary/aromatic N) is 1. The fraction of sp³-hybridized carbons (Fsp3) is 0.455. The van der Waals surface area contributed by atoms with Gasteiger partial charge in [0.05, 0.1) is 0 Å². The average molecular weight is 325 g/mol. The molecule has 0 aliphatic carbocycles. The normalized spacial score (nSPS) is 11.5. The Morgan fingerprint density at radius 3 is 1.79 bits per heavy atom. The molecule has 2 aromatic rings. The number of benzene rings is 2. The lowest BCUT2D eigenvalue weighted by molar-refractivity contribution is 0.397. The zero-order valence-corrected chi connectivity index (χ0v) is 16.3. The van der Waals surface area contributed by atoms with E-state index in [-0.39, 0.29) is 5.41 Å². The van der Waals surface area contributed by atoms with Crippen LogP contribution in [-0.4, -0.2) is 20.1 Å². The molecule has 0 aliphatic rings. The summed E-state index contributed by atoms with van der Waals surface area (Å²) in [5.41, 5.74) is 8.12. The van der Waals surface area contributed by atoms with Crippen LogP contribution >= 0.6 is 0 Å². The van der Waals surface area contributed by atoms with Crippen LogP contribution < -0.4 is 10.2 Å². The number of anilines is 2. The van der Waals surface area contributed by atoms with Gasteiger partial charge in [0.25, 0.3) is 0 Å². The molecule has 2 rings (SSSR count).